The summed E-state index contributed by atoms with van der Waals surface area (Å²) in [5.74, 6) is -3.64. The van der Waals surface area contributed by atoms with Crippen molar-refractivity contribution in [3.63, 3.8) is 0 Å². The molecule has 3 rings (SSSR count). The van der Waals surface area contributed by atoms with E-state index in [2.05, 4.69) is 0 Å². The summed E-state index contributed by atoms with van der Waals surface area (Å²) in [5.41, 5.74) is 1.14. The number of hydrogen-bond acceptors (Lipinski definition) is 1. The second-order valence-electron chi connectivity index (χ2n) is 7.45. The molecular weight excluding hydrogens is 368 g/mol. The number of rotatable bonds is 6. The number of halogens is 4. The van der Waals surface area contributed by atoms with Gasteiger partial charge < -0.3 is 4.74 Å². The van der Waals surface area contributed by atoms with Crippen molar-refractivity contribution in [2.24, 2.45) is 0 Å². The Kier molecular flexibility index (Phi) is 6.63. The summed E-state index contributed by atoms with van der Waals surface area (Å²) in [6, 6.07) is 6.40. The molecule has 0 N–H and O–H groups in total. The van der Waals surface area contributed by atoms with Crippen molar-refractivity contribution >= 4 is 0 Å². The van der Waals surface area contributed by atoms with E-state index < -0.39 is 23.3 Å². The van der Waals surface area contributed by atoms with Gasteiger partial charge in [-0.3, -0.25) is 0 Å². The highest BCUT2D eigenvalue weighted by atomic mass is 19.2. The topological polar surface area (TPSA) is 9.23 Å². The summed E-state index contributed by atoms with van der Waals surface area (Å²) in [5, 5.41) is 0. The van der Waals surface area contributed by atoms with Crippen LogP contribution in [0.1, 0.15) is 74.5 Å². The van der Waals surface area contributed by atoms with Gasteiger partial charge >= 0.3 is 0 Å². The standard InChI is InChI=1S/C23H26F4O/c1-3-5-16-10-11-17(21(25)20(16)24)14-6-8-15(9-7-14)18-12-13-19(28-4-2)23(27)22(18)26/h10-15H,3-9H2,1-2H3. The van der Waals surface area contributed by atoms with Crippen LogP contribution in [0.2, 0.25) is 0 Å². The lowest BCUT2D eigenvalue weighted by Crippen LogP contribution is -2.15. The molecule has 1 aliphatic carbocycles. The van der Waals surface area contributed by atoms with Crippen molar-refractivity contribution in [2.75, 3.05) is 6.61 Å². The maximum absolute atomic E-state index is 14.5. The minimum Gasteiger partial charge on any atom is -0.491 e. The lowest BCUT2D eigenvalue weighted by Gasteiger charge is -2.30. The Balaban J connectivity index is 1.73. The molecule has 2 aromatic rings. The molecule has 28 heavy (non-hydrogen) atoms. The number of ether oxygens (including phenoxy) is 1. The van der Waals surface area contributed by atoms with E-state index in [1.807, 2.05) is 6.92 Å². The summed E-state index contributed by atoms with van der Waals surface area (Å²) >= 11 is 0. The van der Waals surface area contributed by atoms with Gasteiger partial charge in [0, 0.05) is 0 Å². The lowest BCUT2D eigenvalue weighted by atomic mass is 9.75. The van der Waals surface area contributed by atoms with Crippen LogP contribution < -0.4 is 4.74 Å². The zero-order valence-corrected chi connectivity index (χ0v) is 16.3. The Hall–Kier alpha value is -2.04. The first-order valence-electron chi connectivity index (χ1n) is 10.0. The summed E-state index contributed by atoms with van der Waals surface area (Å²) in [6.07, 6.45) is 3.70. The number of aryl methyl sites for hydroxylation is 1. The van der Waals surface area contributed by atoms with Gasteiger partial charge in [-0.15, -0.1) is 0 Å². The van der Waals surface area contributed by atoms with Gasteiger partial charge in [0.2, 0.25) is 5.82 Å². The van der Waals surface area contributed by atoms with Crippen LogP contribution in [0.3, 0.4) is 0 Å². The molecule has 5 heteroatoms. The number of hydrogen-bond donors (Lipinski definition) is 0. The van der Waals surface area contributed by atoms with E-state index >= 15 is 0 Å². The summed E-state index contributed by atoms with van der Waals surface area (Å²) < 4.78 is 62.5. The van der Waals surface area contributed by atoms with Crippen molar-refractivity contribution in [1.29, 1.82) is 0 Å². The van der Waals surface area contributed by atoms with Crippen LogP contribution >= 0.6 is 0 Å². The van der Waals surface area contributed by atoms with Gasteiger partial charge in [0.15, 0.2) is 23.2 Å². The average molecular weight is 394 g/mol. The first-order valence-corrected chi connectivity index (χ1v) is 10.0. The van der Waals surface area contributed by atoms with Crippen LogP contribution in [0.4, 0.5) is 17.6 Å². The minimum absolute atomic E-state index is 0.0813. The van der Waals surface area contributed by atoms with Crippen molar-refractivity contribution in [3.8, 4) is 5.75 Å². The molecule has 1 aliphatic rings. The molecule has 0 heterocycles. The molecule has 0 radical (unpaired) electrons. The first-order chi connectivity index (χ1) is 13.5. The molecule has 0 atom stereocenters. The van der Waals surface area contributed by atoms with Crippen LogP contribution in [0, 0.1) is 23.3 Å². The zero-order valence-electron chi connectivity index (χ0n) is 16.3. The highest BCUT2D eigenvalue weighted by Crippen LogP contribution is 2.43. The first kappa shape index (κ1) is 20.7. The third-order valence-electron chi connectivity index (χ3n) is 5.69. The van der Waals surface area contributed by atoms with Crippen LogP contribution in [-0.2, 0) is 6.42 Å². The minimum atomic E-state index is -0.957. The maximum Gasteiger partial charge on any atom is 0.200 e. The Labute approximate surface area is 163 Å². The van der Waals surface area contributed by atoms with Crippen LogP contribution in [-0.4, -0.2) is 6.61 Å². The van der Waals surface area contributed by atoms with E-state index in [-0.39, 0.29) is 24.2 Å². The predicted molar refractivity (Wildman–Crippen MR) is 102 cm³/mol. The van der Waals surface area contributed by atoms with E-state index in [1.165, 1.54) is 6.07 Å². The van der Waals surface area contributed by atoms with Gasteiger partial charge in [0.05, 0.1) is 6.61 Å². The molecule has 1 nitrogen and oxygen atoms in total. The lowest BCUT2D eigenvalue weighted by molar-refractivity contribution is 0.310. The normalized spacial score (nSPS) is 19.6. The highest BCUT2D eigenvalue weighted by Gasteiger charge is 2.29. The Morgan fingerprint density at radius 2 is 1.29 bits per heavy atom. The molecule has 0 bridgehead atoms. The van der Waals surface area contributed by atoms with Gasteiger partial charge in [0.1, 0.15) is 0 Å². The second-order valence-corrected chi connectivity index (χ2v) is 7.45. The molecular formula is C23H26F4O. The Morgan fingerprint density at radius 1 is 0.750 bits per heavy atom. The van der Waals surface area contributed by atoms with Crippen molar-refractivity contribution < 1.29 is 22.3 Å². The summed E-state index contributed by atoms with van der Waals surface area (Å²) in [6.45, 7) is 3.90. The van der Waals surface area contributed by atoms with Crippen molar-refractivity contribution in [3.05, 3.63) is 64.2 Å². The summed E-state index contributed by atoms with van der Waals surface area (Å²) in [4.78, 5) is 0. The molecule has 0 aliphatic heterocycles. The van der Waals surface area contributed by atoms with Gasteiger partial charge in [-0.1, -0.05) is 31.5 Å². The van der Waals surface area contributed by atoms with Gasteiger partial charge in [-0.2, -0.15) is 4.39 Å². The molecule has 0 unspecified atom stereocenters. The third-order valence-corrected chi connectivity index (χ3v) is 5.69. The molecule has 0 spiro atoms. The fraction of sp³-hybridized carbons (Fsp3) is 0.478. The predicted octanol–water partition coefficient (Wildman–Crippen LogP) is 7.04. The average Bonchev–Trinajstić information content (AvgIpc) is 2.70. The largest absolute Gasteiger partial charge is 0.491 e. The molecule has 0 aromatic heterocycles. The monoisotopic (exact) mass is 394 g/mol. The molecule has 152 valence electrons. The molecule has 2 aromatic carbocycles. The van der Waals surface area contributed by atoms with Gasteiger partial charge in [-0.05, 0) is 73.6 Å². The van der Waals surface area contributed by atoms with Crippen molar-refractivity contribution in [1.82, 2.24) is 0 Å². The molecule has 1 saturated carbocycles. The fourth-order valence-electron chi connectivity index (χ4n) is 4.23. The second kappa shape index (κ2) is 8.97. The Bertz CT molecular complexity index is 756. The van der Waals surface area contributed by atoms with E-state index in [1.54, 1.807) is 25.1 Å². The third kappa shape index (κ3) is 4.03. The Morgan fingerprint density at radius 3 is 1.82 bits per heavy atom. The van der Waals surface area contributed by atoms with E-state index in [9.17, 15) is 17.6 Å². The van der Waals surface area contributed by atoms with E-state index in [0.717, 1.165) is 6.42 Å². The summed E-state index contributed by atoms with van der Waals surface area (Å²) in [7, 11) is 0. The van der Waals surface area contributed by atoms with Crippen LogP contribution in [0.5, 0.6) is 5.75 Å². The van der Waals surface area contributed by atoms with Crippen molar-refractivity contribution in [2.45, 2.75) is 64.2 Å². The van der Waals surface area contributed by atoms with Crippen LogP contribution in [0.15, 0.2) is 24.3 Å². The van der Waals surface area contributed by atoms with Crippen LogP contribution in [0.25, 0.3) is 0 Å². The molecule has 1 fully saturated rings. The highest BCUT2D eigenvalue weighted by molar-refractivity contribution is 5.34. The maximum atomic E-state index is 14.5. The zero-order chi connectivity index (χ0) is 20.3. The number of benzene rings is 2. The fourth-order valence-corrected chi connectivity index (χ4v) is 4.23. The quantitative estimate of drug-likeness (QED) is 0.478. The molecule has 0 amide bonds. The van der Waals surface area contributed by atoms with E-state index in [4.69, 9.17) is 4.74 Å². The van der Waals surface area contributed by atoms with Gasteiger partial charge in [-0.25, -0.2) is 13.2 Å². The molecule has 0 saturated heterocycles. The van der Waals surface area contributed by atoms with Gasteiger partial charge in [0.25, 0.3) is 0 Å². The smallest absolute Gasteiger partial charge is 0.200 e. The van der Waals surface area contributed by atoms with E-state index in [0.29, 0.717) is 48.8 Å². The SMILES string of the molecule is CCCc1ccc(C2CCC(c3ccc(OCC)c(F)c3F)CC2)c(F)c1F.